The lowest BCUT2D eigenvalue weighted by atomic mass is 10.1. The minimum atomic E-state index is -2.84. The van der Waals surface area contributed by atoms with Crippen LogP contribution in [0.15, 0.2) is 24.3 Å². The molecule has 1 aromatic rings. The van der Waals surface area contributed by atoms with Crippen molar-refractivity contribution in [3.05, 3.63) is 29.8 Å². The third kappa shape index (κ3) is 3.38. The zero-order valence-corrected chi connectivity index (χ0v) is 7.24. The molecule has 0 fully saturated rings. The van der Waals surface area contributed by atoms with Gasteiger partial charge in [-0.2, -0.15) is 8.78 Å². The highest BCUT2D eigenvalue weighted by atomic mass is 19.3. The number of halogens is 2. The minimum Gasteiger partial charge on any atom is -0.435 e. The Labute approximate surface area is 79.5 Å². The van der Waals surface area contributed by atoms with Crippen LogP contribution in [0.4, 0.5) is 8.78 Å². The number of carbonyl (C=O) groups is 1. The zero-order valence-electron chi connectivity index (χ0n) is 7.24. The molecule has 0 aliphatic rings. The molecule has 0 aliphatic carbocycles. The predicted molar refractivity (Wildman–Crippen MR) is 46.0 cm³/mol. The largest absolute Gasteiger partial charge is 0.435 e. The van der Waals surface area contributed by atoms with E-state index >= 15 is 0 Å². The fourth-order valence-corrected chi connectivity index (χ4v) is 0.990. The fourth-order valence-electron chi connectivity index (χ4n) is 0.990. The van der Waals surface area contributed by atoms with E-state index in [4.69, 9.17) is 5.73 Å². The average Bonchev–Trinajstić information content (AvgIpc) is 2.06. The van der Waals surface area contributed by atoms with Crippen LogP contribution in [0.3, 0.4) is 0 Å². The first-order valence-corrected chi connectivity index (χ1v) is 3.90. The van der Waals surface area contributed by atoms with Crippen LogP contribution < -0.4 is 10.5 Å². The van der Waals surface area contributed by atoms with Crippen molar-refractivity contribution in [1.29, 1.82) is 0 Å². The van der Waals surface area contributed by atoms with Crippen LogP contribution >= 0.6 is 0 Å². The van der Waals surface area contributed by atoms with Crippen molar-refractivity contribution in [2.75, 3.05) is 0 Å². The number of carbonyl (C=O) groups excluding carboxylic acids is 1. The van der Waals surface area contributed by atoms with E-state index in [1.165, 1.54) is 24.3 Å². The molecule has 0 saturated carbocycles. The first-order chi connectivity index (χ1) is 6.58. The number of alkyl halides is 2. The van der Waals surface area contributed by atoms with Crippen LogP contribution in [0.2, 0.25) is 0 Å². The summed E-state index contributed by atoms with van der Waals surface area (Å²) in [5.41, 5.74) is 5.62. The molecule has 3 nitrogen and oxygen atoms in total. The number of rotatable bonds is 4. The third-order valence-electron chi connectivity index (χ3n) is 1.53. The molecule has 0 aromatic heterocycles. The number of ether oxygens (including phenoxy) is 1. The molecule has 2 N–H and O–H groups in total. The number of benzene rings is 1. The van der Waals surface area contributed by atoms with Crippen molar-refractivity contribution >= 4 is 5.91 Å². The van der Waals surface area contributed by atoms with Gasteiger partial charge in [0.15, 0.2) is 0 Å². The van der Waals surface area contributed by atoms with Crippen molar-refractivity contribution < 1.29 is 18.3 Å². The summed E-state index contributed by atoms with van der Waals surface area (Å²) in [6.07, 6.45) is 0.0922. The van der Waals surface area contributed by atoms with E-state index in [2.05, 4.69) is 4.74 Å². The van der Waals surface area contributed by atoms with E-state index in [1.807, 2.05) is 0 Å². The molecule has 1 amide bonds. The maximum atomic E-state index is 11.7. The number of primary amides is 1. The van der Waals surface area contributed by atoms with Crippen LogP contribution in [0.25, 0.3) is 0 Å². The van der Waals surface area contributed by atoms with E-state index in [-0.39, 0.29) is 12.2 Å². The predicted octanol–water partition coefficient (Wildman–Crippen LogP) is 1.32. The van der Waals surface area contributed by atoms with Gasteiger partial charge in [-0.15, -0.1) is 0 Å². The summed E-state index contributed by atoms with van der Waals surface area (Å²) in [6.45, 7) is -2.84. The molecule has 76 valence electrons. The van der Waals surface area contributed by atoms with Crippen molar-refractivity contribution in [2.24, 2.45) is 5.73 Å². The van der Waals surface area contributed by atoms with E-state index < -0.39 is 12.5 Å². The molecule has 0 bridgehead atoms. The van der Waals surface area contributed by atoms with Crippen molar-refractivity contribution in [2.45, 2.75) is 13.0 Å². The zero-order chi connectivity index (χ0) is 10.6. The summed E-state index contributed by atoms with van der Waals surface area (Å²) in [7, 11) is 0. The molecule has 1 aromatic carbocycles. The molecule has 5 heteroatoms. The molecule has 0 atom stereocenters. The Morgan fingerprint density at radius 1 is 1.36 bits per heavy atom. The first-order valence-electron chi connectivity index (χ1n) is 3.90. The maximum absolute atomic E-state index is 11.7. The number of amides is 1. The topological polar surface area (TPSA) is 52.3 Å². The van der Waals surface area contributed by atoms with E-state index in [1.54, 1.807) is 0 Å². The summed E-state index contributed by atoms with van der Waals surface area (Å²) >= 11 is 0. The minimum absolute atomic E-state index is 0.0632. The third-order valence-corrected chi connectivity index (χ3v) is 1.53. The van der Waals surface area contributed by atoms with Gasteiger partial charge >= 0.3 is 6.61 Å². The number of nitrogens with two attached hydrogens (primary N) is 1. The van der Waals surface area contributed by atoms with Gasteiger partial charge in [0, 0.05) is 0 Å². The summed E-state index contributed by atoms with van der Waals surface area (Å²) in [6, 6.07) is 5.76. The van der Waals surface area contributed by atoms with Crippen LogP contribution in [0.5, 0.6) is 5.75 Å². The lowest BCUT2D eigenvalue weighted by Crippen LogP contribution is -2.13. The van der Waals surface area contributed by atoms with Gasteiger partial charge in [0.2, 0.25) is 5.91 Å². The quantitative estimate of drug-likeness (QED) is 0.798. The lowest BCUT2D eigenvalue weighted by Gasteiger charge is -2.04. The van der Waals surface area contributed by atoms with E-state index in [0.29, 0.717) is 5.56 Å². The number of hydrogen-bond acceptors (Lipinski definition) is 2. The Bertz CT molecular complexity index is 311. The van der Waals surface area contributed by atoms with Crippen LogP contribution in [-0.4, -0.2) is 12.5 Å². The summed E-state index contributed by atoms with van der Waals surface area (Å²) < 4.78 is 27.6. The van der Waals surface area contributed by atoms with Gasteiger partial charge in [0.1, 0.15) is 5.75 Å². The van der Waals surface area contributed by atoms with Gasteiger partial charge in [-0.3, -0.25) is 4.79 Å². The average molecular weight is 201 g/mol. The van der Waals surface area contributed by atoms with Crippen molar-refractivity contribution in [3.8, 4) is 5.75 Å². The molecule has 0 unspecified atom stereocenters. The van der Waals surface area contributed by atoms with Crippen LogP contribution in [0.1, 0.15) is 5.56 Å². The van der Waals surface area contributed by atoms with Crippen molar-refractivity contribution in [1.82, 2.24) is 0 Å². The molecule has 0 saturated heterocycles. The Morgan fingerprint density at radius 2 is 1.93 bits per heavy atom. The highest BCUT2D eigenvalue weighted by Crippen LogP contribution is 2.14. The van der Waals surface area contributed by atoms with Crippen LogP contribution in [-0.2, 0) is 11.2 Å². The Morgan fingerprint density at radius 3 is 2.36 bits per heavy atom. The molecule has 1 rings (SSSR count). The van der Waals surface area contributed by atoms with Gasteiger partial charge in [0.25, 0.3) is 0 Å². The molecule has 14 heavy (non-hydrogen) atoms. The lowest BCUT2D eigenvalue weighted by molar-refractivity contribution is -0.117. The maximum Gasteiger partial charge on any atom is 0.387 e. The van der Waals surface area contributed by atoms with E-state index in [0.717, 1.165) is 0 Å². The second-order valence-electron chi connectivity index (χ2n) is 2.67. The van der Waals surface area contributed by atoms with Gasteiger partial charge in [-0.25, -0.2) is 0 Å². The molecule has 0 radical (unpaired) electrons. The van der Waals surface area contributed by atoms with Crippen molar-refractivity contribution in [3.63, 3.8) is 0 Å². The van der Waals surface area contributed by atoms with Gasteiger partial charge in [-0.05, 0) is 17.7 Å². The molecule has 0 spiro atoms. The van der Waals surface area contributed by atoms with Gasteiger partial charge in [-0.1, -0.05) is 12.1 Å². The first kappa shape index (κ1) is 10.4. The number of hydrogen-bond donors (Lipinski definition) is 1. The molecular weight excluding hydrogens is 192 g/mol. The van der Waals surface area contributed by atoms with Gasteiger partial charge in [0.05, 0.1) is 6.42 Å². The van der Waals surface area contributed by atoms with Gasteiger partial charge < -0.3 is 10.5 Å². The standard InChI is InChI=1S/C9H9F2NO2/c10-9(11)14-7-3-1-6(2-4-7)5-8(12)13/h1-4,9H,5H2,(H2,12,13). The smallest absolute Gasteiger partial charge is 0.387 e. The second kappa shape index (κ2) is 4.55. The monoisotopic (exact) mass is 201 g/mol. The Hall–Kier alpha value is -1.65. The Balaban J connectivity index is 2.63. The fraction of sp³-hybridized carbons (Fsp3) is 0.222. The van der Waals surface area contributed by atoms with E-state index in [9.17, 15) is 13.6 Å². The Kier molecular flexibility index (Phi) is 3.39. The second-order valence-corrected chi connectivity index (χ2v) is 2.67. The summed E-state index contributed by atoms with van der Waals surface area (Å²) in [5.74, 6) is -0.402. The normalized spacial score (nSPS) is 10.2. The molecular formula is C9H9F2NO2. The molecule has 0 aliphatic heterocycles. The van der Waals surface area contributed by atoms with Crippen LogP contribution in [0, 0.1) is 0 Å². The highest BCUT2D eigenvalue weighted by Gasteiger charge is 2.04. The highest BCUT2D eigenvalue weighted by molar-refractivity contribution is 5.76. The summed E-state index contributed by atoms with van der Waals surface area (Å²) in [5, 5.41) is 0. The molecule has 0 heterocycles. The summed E-state index contributed by atoms with van der Waals surface area (Å²) in [4.78, 5) is 10.5. The SMILES string of the molecule is NC(=O)Cc1ccc(OC(F)F)cc1.